The normalized spacial score (nSPS) is 25.7. The van der Waals surface area contributed by atoms with Crippen LogP contribution in [0.4, 0.5) is 10.2 Å². The zero-order valence-electron chi connectivity index (χ0n) is 20.3. The fraction of sp³-hybridized carbons (Fsp3) is 0.435. The molecule has 1 aromatic heterocycles. The first-order chi connectivity index (χ1) is 17.4. The fourth-order valence-corrected chi connectivity index (χ4v) is 4.91. The second-order valence-electron chi connectivity index (χ2n) is 8.49. The third-order valence-electron chi connectivity index (χ3n) is 5.23. The molecule has 14 heteroatoms. The Morgan fingerprint density at radius 1 is 1.38 bits per heavy atom. The number of hydrogen-bond donors (Lipinski definition) is 3. The van der Waals surface area contributed by atoms with Crippen LogP contribution in [0.15, 0.2) is 47.4 Å². The molecule has 2 heterocycles. The quantitative estimate of drug-likeness (QED) is 0.228. The lowest BCUT2D eigenvalue weighted by molar-refractivity contribution is -0.149. The highest BCUT2D eigenvalue weighted by Gasteiger charge is 2.57. The summed E-state index contributed by atoms with van der Waals surface area (Å²) < 4.78 is 51.3. The summed E-state index contributed by atoms with van der Waals surface area (Å²) in [6, 6.07) is 7.97. The fourth-order valence-electron chi connectivity index (χ4n) is 3.39. The number of carbonyl (C=O) groups is 1. The van der Waals surface area contributed by atoms with Crippen molar-refractivity contribution in [3.63, 3.8) is 0 Å². The van der Waals surface area contributed by atoms with Gasteiger partial charge in [-0.1, -0.05) is 24.1 Å². The number of halogens is 1. The number of para-hydroxylation sites is 1. The highest BCUT2D eigenvalue weighted by atomic mass is 31.2. The molecule has 1 aliphatic heterocycles. The Bertz CT molecular complexity index is 1250. The molecule has 1 aliphatic rings. The molecule has 1 aromatic carbocycles. The monoisotopic (exact) mass is 538 g/mol. The predicted molar refractivity (Wildman–Crippen MR) is 130 cm³/mol. The van der Waals surface area contributed by atoms with Gasteiger partial charge in [0.25, 0.3) is 0 Å². The molecule has 0 bridgehead atoms. The van der Waals surface area contributed by atoms with E-state index < -0.39 is 62.3 Å². The van der Waals surface area contributed by atoms with Gasteiger partial charge in [-0.05, 0) is 39.0 Å². The van der Waals surface area contributed by atoms with Crippen molar-refractivity contribution in [3.8, 4) is 18.1 Å². The first-order valence-electron chi connectivity index (χ1n) is 11.2. The van der Waals surface area contributed by atoms with Crippen LogP contribution in [-0.2, 0) is 23.4 Å². The number of nitrogens with one attached hydrogen (secondary N) is 1. The van der Waals surface area contributed by atoms with Crippen molar-refractivity contribution >= 4 is 19.5 Å². The van der Waals surface area contributed by atoms with Crippen LogP contribution in [0.5, 0.6) is 5.75 Å². The third-order valence-corrected chi connectivity index (χ3v) is 6.85. The van der Waals surface area contributed by atoms with Crippen LogP contribution < -0.4 is 21.0 Å². The molecule has 6 atom stereocenters. The average molecular weight is 538 g/mol. The number of nitrogen functional groups attached to an aromatic ring is 1. The van der Waals surface area contributed by atoms with E-state index in [1.54, 1.807) is 32.0 Å². The predicted octanol–water partition coefficient (Wildman–Crippen LogP) is 1.56. The molecule has 2 aromatic rings. The number of benzene rings is 1. The van der Waals surface area contributed by atoms with E-state index in [-0.39, 0.29) is 11.6 Å². The summed E-state index contributed by atoms with van der Waals surface area (Å²) in [4.78, 5) is 28.0. The highest BCUT2D eigenvalue weighted by Crippen LogP contribution is 2.48. The number of aliphatic hydroxyl groups excluding tert-OH is 1. The summed E-state index contributed by atoms with van der Waals surface area (Å²) in [6.45, 7) is 3.81. The number of ether oxygens (including phenoxy) is 2. The summed E-state index contributed by atoms with van der Waals surface area (Å²) in [5.74, 6) is 1.41. The van der Waals surface area contributed by atoms with E-state index in [0.29, 0.717) is 0 Å². The minimum Gasteiger partial charge on any atom is -0.462 e. The number of anilines is 1. The van der Waals surface area contributed by atoms with Crippen LogP contribution in [0, 0.1) is 12.3 Å². The zero-order chi connectivity index (χ0) is 27.4. The van der Waals surface area contributed by atoms with Gasteiger partial charge in [0.05, 0.1) is 6.10 Å². The number of nitrogens with zero attached hydrogens (tertiary/aromatic N) is 2. The van der Waals surface area contributed by atoms with Gasteiger partial charge in [-0.2, -0.15) is 10.1 Å². The van der Waals surface area contributed by atoms with Crippen molar-refractivity contribution in [2.75, 3.05) is 12.3 Å². The van der Waals surface area contributed by atoms with E-state index in [4.69, 9.17) is 30.7 Å². The van der Waals surface area contributed by atoms with Gasteiger partial charge in [0, 0.05) is 6.20 Å². The van der Waals surface area contributed by atoms with Crippen LogP contribution in [0.3, 0.4) is 0 Å². The standard InChI is InChI=1S/C23H28FN4O8P/c1-5-23(19(29)18(24)20(35-23)28-12-11-17(25)26-22(28)31)13-33-37(32,36-16-9-7-6-8-10-16)27-15(4)21(30)34-14(2)3/h1,6-12,14-15,18-20,29H,13H2,2-4H3,(H,27,32)(H2,25,26,31)/t15-,18+,19-,20+,23+,37+/m0/s1. The number of hydrogen-bond acceptors (Lipinski definition) is 10. The van der Waals surface area contributed by atoms with Gasteiger partial charge in [-0.25, -0.2) is 13.8 Å². The van der Waals surface area contributed by atoms with Crippen LogP contribution in [-0.4, -0.2) is 57.3 Å². The van der Waals surface area contributed by atoms with Gasteiger partial charge in [-0.3, -0.25) is 13.9 Å². The van der Waals surface area contributed by atoms with Crippen LogP contribution in [0.25, 0.3) is 0 Å². The van der Waals surface area contributed by atoms with Gasteiger partial charge in [0.1, 0.15) is 30.3 Å². The summed E-state index contributed by atoms with van der Waals surface area (Å²) in [5, 5.41) is 13.1. The van der Waals surface area contributed by atoms with E-state index in [1.165, 1.54) is 25.1 Å². The third kappa shape index (κ3) is 6.54. The van der Waals surface area contributed by atoms with Gasteiger partial charge in [0.15, 0.2) is 18.0 Å². The summed E-state index contributed by atoms with van der Waals surface area (Å²) in [6.07, 6.45) is 0.401. The molecule has 0 radical (unpaired) electrons. The Balaban J connectivity index is 1.86. The number of nitrogens with two attached hydrogens (primary N) is 1. The first kappa shape index (κ1) is 28.3. The summed E-state index contributed by atoms with van der Waals surface area (Å²) in [7, 11) is -4.41. The second kappa shape index (κ2) is 11.4. The van der Waals surface area contributed by atoms with Crippen LogP contribution in [0.1, 0.15) is 27.0 Å². The maximum atomic E-state index is 15.1. The van der Waals surface area contributed by atoms with E-state index >= 15 is 4.39 Å². The molecule has 200 valence electrons. The Hall–Kier alpha value is -3.27. The molecule has 1 fully saturated rings. The lowest BCUT2D eigenvalue weighted by Crippen LogP contribution is -2.45. The van der Waals surface area contributed by atoms with Gasteiger partial charge in [0.2, 0.25) is 0 Å². The van der Waals surface area contributed by atoms with Crippen molar-refractivity contribution < 1.29 is 37.4 Å². The molecule has 0 spiro atoms. The minimum absolute atomic E-state index is 0.100. The SMILES string of the molecule is C#C[C@]1(CO[P@](=O)(N[C@@H](C)C(=O)OC(C)C)Oc2ccccc2)O[C@@H](n2ccc(N)nc2=O)[C@H](F)[C@@H]1O. The van der Waals surface area contributed by atoms with E-state index in [0.717, 1.165) is 10.8 Å². The summed E-state index contributed by atoms with van der Waals surface area (Å²) in [5.41, 5.74) is 2.34. The Morgan fingerprint density at radius 2 is 2.05 bits per heavy atom. The molecule has 37 heavy (non-hydrogen) atoms. The molecule has 1 saturated heterocycles. The van der Waals surface area contributed by atoms with Crippen molar-refractivity contribution in [1.29, 1.82) is 0 Å². The Labute approximate surface area is 212 Å². The van der Waals surface area contributed by atoms with Crippen molar-refractivity contribution in [1.82, 2.24) is 14.6 Å². The average Bonchev–Trinajstić information content (AvgIpc) is 3.08. The number of alkyl halides is 1. The van der Waals surface area contributed by atoms with Crippen molar-refractivity contribution in [2.45, 2.75) is 57.0 Å². The number of aliphatic hydroxyl groups is 1. The van der Waals surface area contributed by atoms with E-state index in [1.807, 2.05) is 0 Å². The zero-order valence-corrected chi connectivity index (χ0v) is 21.2. The second-order valence-corrected chi connectivity index (χ2v) is 10.2. The number of rotatable bonds is 10. The Kier molecular flexibility index (Phi) is 8.73. The topological polar surface area (TPSA) is 164 Å². The Morgan fingerprint density at radius 3 is 2.65 bits per heavy atom. The van der Waals surface area contributed by atoms with E-state index in [9.17, 15) is 19.3 Å². The van der Waals surface area contributed by atoms with Crippen molar-refractivity contribution in [2.24, 2.45) is 0 Å². The molecule has 4 N–H and O–H groups in total. The first-order valence-corrected chi connectivity index (χ1v) is 12.7. The largest absolute Gasteiger partial charge is 0.462 e. The highest BCUT2D eigenvalue weighted by molar-refractivity contribution is 7.52. The van der Waals surface area contributed by atoms with Crippen LogP contribution >= 0.6 is 7.75 Å². The van der Waals surface area contributed by atoms with Gasteiger partial charge in [-0.15, -0.1) is 6.42 Å². The molecule has 12 nitrogen and oxygen atoms in total. The smallest absolute Gasteiger partial charge is 0.459 e. The number of carbonyl (C=O) groups excluding carboxylic acids is 1. The molecule has 0 amide bonds. The van der Waals surface area contributed by atoms with Crippen LogP contribution in [0.2, 0.25) is 0 Å². The molecule has 0 aliphatic carbocycles. The van der Waals surface area contributed by atoms with Gasteiger partial charge < -0.3 is 24.8 Å². The number of esters is 1. The molecule has 3 rings (SSSR count). The molecule has 0 saturated carbocycles. The van der Waals surface area contributed by atoms with E-state index in [2.05, 4.69) is 16.0 Å². The number of aromatic nitrogens is 2. The molecule has 0 unspecified atom stereocenters. The van der Waals surface area contributed by atoms with Crippen molar-refractivity contribution in [3.05, 3.63) is 53.1 Å². The number of terminal acetylenes is 1. The molecular formula is C23H28FN4O8P. The maximum Gasteiger partial charge on any atom is 0.459 e. The summed E-state index contributed by atoms with van der Waals surface area (Å²) >= 11 is 0. The maximum absolute atomic E-state index is 15.1. The van der Waals surface area contributed by atoms with Gasteiger partial charge >= 0.3 is 19.4 Å². The lowest BCUT2D eigenvalue weighted by Gasteiger charge is -2.29. The minimum atomic E-state index is -4.41. The molecular weight excluding hydrogens is 510 g/mol. The lowest BCUT2D eigenvalue weighted by atomic mass is 9.98.